The van der Waals surface area contributed by atoms with Crippen LogP contribution in [0.1, 0.15) is 41.0 Å². The molecule has 1 aliphatic heterocycles. The number of nitrogens with one attached hydrogen (secondary N) is 2. The minimum absolute atomic E-state index is 0.0289. The van der Waals surface area contributed by atoms with E-state index >= 15 is 0 Å². The Morgan fingerprint density at radius 3 is 2.94 bits per heavy atom. The van der Waals surface area contributed by atoms with Crippen LogP contribution in [0, 0.1) is 0 Å². The van der Waals surface area contributed by atoms with Crippen LogP contribution < -0.4 is 20.5 Å². The standard InChI is InChI=1S/C21H26F2N6O3S/c1-25-13-9-29-20(32-10-13)16(8-26-29)33(24,31)28-21(30)27-18-14-4-2-3-11(14)7-12-5-6-15(17(12)18)19(22)23/h7-8,13,15,19,25H,2-6,9-10H2,1H3,(H3,24,27,28,30,31)/t13-,15-,33+/m0/s1. The number of urea groups is 1. The van der Waals surface area contributed by atoms with Gasteiger partial charge >= 0.3 is 6.03 Å². The monoisotopic (exact) mass is 480 g/mol. The second-order valence-electron chi connectivity index (χ2n) is 8.68. The van der Waals surface area contributed by atoms with Crippen molar-refractivity contribution in [3.63, 3.8) is 0 Å². The van der Waals surface area contributed by atoms with Crippen molar-refractivity contribution >= 4 is 21.6 Å². The Morgan fingerprint density at radius 1 is 1.36 bits per heavy atom. The van der Waals surface area contributed by atoms with Crippen LogP contribution in [0.4, 0.5) is 19.3 Å². The number of likely N-dealkylation sites (N-methyl/N-ethyl adjacent to an activating group) is 1. The molecule has 0 radical (unpaired) electrons. The number of hydrogen-bond donors (Lipinski definition) is 3. The van der Waals surface area contributed by atoms with Crippen LogP contribution in [-0.2, 0) is 35.7 Å². The Labute approximate surface area is 190 Å². The SMILES string of the molecule is CN[C@@H]1COc2c([S@](N)(=O)=NC(=O)Nc3c4c(cc5c3[C@@H](C(F)F)CC5)CCC4)cnn2C1. The van der Waals surface area contributed by atoms with Crippen molar-refractivity contribution in [2.24, 2.45) is 9.50 Å². The molecular weight excluding hydrogens is 454 g/mol. The number of anilines is 1. The molecule has 33 heavy (non-hydrogen) atoms. The third-order valence-corrected chi connectivity index (χ3v) is 8.02. The van der Waals surface area contributed by atoms with E-state index in [1.807, 2.05) is 6.07 Å². The van der Waals surface area contributed by atoms with Crippen LogP contribution in [0.25, 0.3) is 0 Å². The number of carbonyl (C=O) groups excluding carboxylic acids is 1. The number of alkyl halides is 2. The number of nitrogens with two attached hydrogens (primary N) is 1. The summed E-state index contributed by atoms with van der Waals surface area (Å²) in [5.41, 5.74) is 3.62. The molecule has 0 saturated carbocycles. The van der Waals surface area contributed by atoms with Crippen molar-refractivity contribution in [1.82, 2.24) is 15.1 Å². The number of halogens is 2. The molecule has 178 valence electrons. The minimum atomic E-state index is -3.67. The molecule has 5 rings (SSSR count). The number of fused-ring (bicyclic) bond motifs is 3. The zero-order chi connectivity index (χ0) is 23.3. The fourth-order valence-electron chi connectivity index (χ4n) is 5.05. The van der Waals surface area contributed by atoms with Gasteiger partial charge in [-0.05, 0) is 61.4 Å². The first-order valence-corrected chi connectivity index (χ1v) is 12.5. The van der Waals surface area contributed by atoms with Gasteiger partial charge in [0.1, 0.15) is 11.5 Å². The molecule has 2 heterocycles. The van der Waals surface area contributed by atoms with E-state index in [1.54, 1.807) is 7.05 Å². The minimum Gasteiger partial charge on any atom is -0.475 e. The highest BCUT2D eigenvalue weighted by Gasteiger charge is 2.36. The van der Waals surface area contributed by atoms with Gasteiger partial charge in [0, 0.05) is 11.6 Å². The predicted octanol–water partition coefficient (Wildman–Crippen LogP) is 2.58. The molecule has 2 amide bonds. The Balaban J connectivity index is 1.48. The lowest BCUT2D eigenvalue weighted by Crippen LogP contribution is -2.40. The van der Waals surface area contributed by atoms with Crippen molar-refractivity contribution < 1.29 is 22.5 Å². The van der Waals surface area contributed by atoms with Crippen LogP contribution in [0.15, 0.2) is 21.5 Å². The van der Waals surface area contributed by atoms with E-state index < -0.39 is 28.3 Å². The zero-order valence-electron chi connectivity index (χ0n) is 18.1. The second-order valence-corrected chi connectivity index (χ2v) is 10.4. The lowest BCUT2D eigenvalue weighted by atomic mass is 9.94. The summed E-state index contributed by atoms with van der Waals surface area (Å²) in [5.74, 6) is -0.732. The summed E-state index contributed by atoms with van der Waals surface area (Å²) in [5, 5.41) is 15.9. The van der Waals surface area contributed by atoms with Crippen molar-refractivity contribution in [2.45, 2.75) is 61.9 Å². The summed E-state index contributed by atoms with van der Waals surface area (Å²) >= 11 is 0. The van der Waals surface area contributed by atoms with Crippen molar-refractivity contribution in [3.8, 4) is 5.88 Å². The first-order chi connectivity index (χ1) is 15.8. The van der Waals surface area contributed by atoms with Gasteiger partial charge in [0.25, 0.3) is 0 Å². The number of aromatic nitrogens is 2. The lowest BCUT2D eigenvalue weighted by Gasteiger charge is -2.24. The van der Waals surface area contributed by atoms with Gasteiger partial charge < -0.3 is 15.4 Å². The molecule has 3 aliphatic rings. The number of benzene rings is 1. The lowest BCUT2D eigenvalue weighted by molar-refractivity contribution is 0.114. The maximum Gasteiger partial charge on any atom is 0.354 e. The van der Waals surface area contributed by atoms with Crippen LogP contribution in [0.2, 0.25) is 0 Å². The van der Waals surface area contributed by atoms with Crippen LogP contribution in [0.5, 0.6) is 5.88 Å². The van der Waals surface area contributed by atoms with E-state index in [0.717, 1.165) is 29.5 Å². The first kappa shape index (κ1) is 22.2. The molecule has 2 aliphatic carbocycles. The average molecular weight is 481 g/mol. The molecule has 3 atom stereocenters. The van der Waals surface area contributed by atoms with Gasteiger partial charge in [0.05, 0.1) is 18.8 Å². The predicted molar refractivity (Wildman–Crippen MR) is 118 cm³/mol. The summed E-state index contributed by atoms with van der Waals surface area (Å²) < 4.78 is 51.6. The maximum atomic E-state index is 13.7. The molecule has 1 aromatic heterocycles. The molecule has 12 heteroatoms. The summed E-state index contributed by atoms with van der Waals surface area (Å²) in [6.07, 6.45) is 2.04. The van der Waals surface area contributed by atoms with Gasteiger partial charge in [0.2, 0.25) is 12.3 Å². The highest BCUT2D eigenvalue weighted by molar-refractivity contribution is 7.91. The van der Waals surface area contributed by atoms with Gasteiger partial charge in [-0.2, -0.15) is 5.10 Å². The number of carbonyl (C=O) groups is 1. The molecule has 0 bridgehead atoms. The van der Waals surface area contributed by atoms with Gasteiger partial charge in [-0.1, -0.05) is 6.07 Å². The average Bonchev–Trinajstić information content (AvgIpc) is 3.50. The van der Waals surface area contributed by atoms with Crippen LogP contribution in [-0.4, -0.2) is 46.1 Å². The summed E-state index contributed by atoms with van der Waals surface area (Å²) in [7, 11) is -1.88. The third kappa shape index (κ3) is 3.89. The zero-order valence-corrected chi connectivity index (χ0v) is 19.0. The number of nitrogens with zero attached hydrogens (tertiary/aromatic N) is 3. The van der Waals surface area contributed by atoms with E-state index in [9.17, 15) is 17.8 Å². The van der Waals surface area contributed by atoms with Crippen LogP contribution in [0.3, 0.4) is 0 Å². The normalized spacial score (nSPS) is 22.8. The smallest absolute Gasteiger partial charge is 0.354 e. The van der Waals surface area contributed by atoms with Gasteiger partial charge in [-0.25, -0.2) is 27.6 Å². The number of aryl methyl sites for hydroxylation is 2. The van der Waals surface area contributed by atoms with E-state index in [2.05, 4.69) is 20.1 Å². The highest BCUT2D eigenvalue weighted by Crippen LogP contribution is 2.46. The highest BCUT2D eigenvalue weighted by atomic mass is 32.2. The van der Waals surface area contributed by atoms with E-state index in [-0.39, 0.29) is 16.8 Å². The largest absolute Gasteiger partial charge is 0.475 e. The fraction of sp³-hybridized carbons (Fsp3) is 0.524. The third-order valence-electron chi connectivity index (χ3n) is 6.67. The molecule has 0 fully saturated rings. The Hall–Kier alpha value is -2.57. The second kappa shape index (κ2) is 8.33. The number of rotatable bonds is 4. The molecule has 0 saturated heterocycles. The summed E-state index contributed by atoms with van der Waals surface area (Å²) in [6, 6.07) is 1.09. The number of amides is 2. The van der Waals surface area contributed by atoms with E-state index in [4.69, 9.17) is 9.88 Å². The first-order valence-electron chi connectivity index (χ1n) is 11.0. The van der Waals surface area contributed by atoms with Gasteiger partial charge in [0.15, 0.2) is 9.92 Å². The van der Waals surface area contributed by atoms with Gasteiger partial charge in [-0.3, -0.25) is 0 Å². The topological polar surface area (TPSA) is 124 Å². The van der Waals surface area contributed by atoms with E-state index in [1.165, 1.54) is 10.9 Å². The molecule has 0 unspecified atom stereocenters. The Morgan fingerprint density at radius 2 is 2.18 bits per heavy atom. The Kier molecular flexibility index (Phi) is 5.61. The number of ether oxygens (including phenoxy) is 1. The quantitative estimate of drug-likeness (QED) is 0.621. The van der Waals surface area contributed by atoms with Crippen LogP contribution >= 0.6 is 0 Å². The molecule has 2 aromatic rings. The molecule has 9 nitrogen and oxygen atoms in total. The Bertz CT molecular complexity index is 1240. The van der Waals surface area contributed by atoms with Crippen molar-refractivity contribution in [2.75, 3.05) is 19.0 Å². The molecule has 0 spiro atoms. The van der Waals surface area contributed by atoms with Gasteiger partial charge in [-0.15, -0.1) is 4.36 Å². The maximum absolute atomic E-state index is 13.7. The summed E-state index contributed by atoms with van der Waals surface area (Å²) in [4.78, 5) is 12.9. The summed E-state index contributed by atoms with van der Waals surface area (Å²) in [6.45, 7) is 0.819. The number of hydrogen-bond acceptors (Lipinski definition) is 5. The van der Waals surface area contributed by atoms with E-state index in [0.29, 0.717) is 43.7 Å². The van der Waals surface area contributed by atoms with Crippen molar-refractivity contribution in [3.05, 3.63) is 34.5 Å². The molecule has 1 aromatic carbocycles. The molecular formula is C21H26F2N6O3S. The van der Waals surface area contributed by atoms with Crippen molar-refractivity contribution in [1.29, 1.82) is 0 Å². The fourth-order valence-corrected chi connectivity index (χ4v) is 6.06. The molecule has 4 N–H and O–H groups in total.